The highest BCUT2D eigenvalue weighted by Gasteiger charge is 2.36. The fourth-order valence-electron chi connectivity index (χ4n) is 5.76. The van der Waals surface area contributed by atoms with Crippen LogP contribution in [0.1, 0.15) is 89.9 Å². The van der Waals surface area contributed by atoms with Crippen LogP contribution in [-0.4, -0.2) is 54.1 Å². The Morgan fingerprint density at radius 3 is 2.28 bits per heavy atom. The number of carbonyl (C=O) groups is 1. The van der Waals surface area contributed by atoms with Gasteiger partial charge in [-0.05, 0) is 101 Å². The van der Waals surface area contributed by atoms with E-state index in [9.17, 15) is 14.3 Å². The molecule has 1 saturated heterocycles. The maximum absolute atomic E-state index is 13.3. The Balaban J connectivity index is 1.82. The van der Waals surface area contributed by atoms with Gasteiger partial charge in [-0.2, -0.15) is 0 Å². The fraction of sp³-hybridized carbons (Fsp3) is 0.487. The van der Waals surface area contributed by atoms with E-state index in [1.165, 1.54) is 12.1 Å². The number of ether oxygens (including phenoxy) is 3. The number of carboxylic acids is 1. The molecule has 254 valence electrons. The summed E-state index contributed by atoms with van der Waals surface area (Å²) in [5.74, 6) is -0.597. The average molecular weight is 647 g/mol. The van der Waals surface area contributed by atoms with E-state index in [-0.39, 0.29) is 17.3 Å². The van der Waals surface area contributed by atoms with E-state index >= 15 is 0 Å². The van der Waals surface area contributed by atoms with Crippen LogP contribution in [0.3, 0.4) is 0 Å². The Morgan fingerprint density at radius 1 is 1.06 bits per heavy atom. The van der Waals surface area contributed by atoms with Crippen LogP contribution < -0.4 is 9.64 Å². The Labute approximate surface area is 279 Å². The highest BCUT2D eigenvalue weighted by molar-refractivity contribution is 5.90. The van der Waals surface area contributed by atoms with Gasteiger partial charge in [0.25, 0.3) is 0 Å². The lowest BCUT2D eigenvalue weighted by Gasteiger charge is -2.41. The molecule has 0 radical (unpaired) electrons. The lowest BCUT2D eigenvalue weighted by Crippen LogP contribution is -2.39. The molecular weight excluding hydrogens is 595 g/mol. The van der Waals surface area contributed by atoms with E-state index in [1.807, 2.05) is 78.0 Å². The van der Waals surface area contributed by atoms with Gasteiger partial charge >= 0.3 is 5.97 Å². The molecule has 0 aliphatic carbocycles. The number of piperidine rings is 1. The van der Waals surface area contributed by atoms with Gasteiger partial charge < -0.3 is 24.2 Å². The number of benzene rings is 2. The third kappa shape index (κ3) is 10.1. The van der Waals surface area contributed by atoms with E-state index < -0.39 is 17.7 Å². The minimum atomic E-state index is -1.21. The second-order valence-electron chi connectivity index (χ2n) is 14.4. The fourth-order valence-corrected chi connectivity index (χ4v) is 5.76. The molecular formula is C39H51FN2O5. The largest absolute Gasteiger partial charge is 0.493 e. The quantitative estimate of drug-likeness (QED) is 0.199. The molecule has 1 N–H and O–H groups in total. The van der Waals surface area contributed by atoms with Gasteiger partial charge in [0.05, 0.1) is 36.3 Å². The topological polar surface area (TPSA) is 81.1 Å². The van der Waals surface area contributed by atoms with Gasteiger partial charge in [-0.3, -0.25) is 4.98 Å². The highest BCUT2D eigenvalue weighted by Crippen LogP contribution is 2.45. The standard InChI is InChI=1S/C39H51FN2O5/c1-26(2)45-24-9-10-32-34(29-13-17-31(18-14-29)46-25-19-28-11-15-30(40)16-12-28)35(42-22-20-39(7,8)21-23-42)33(27(3)41-32)36(37(43)44)47-38(4,5)6/h9-18,26,36H,19-25H2,1-8H3,(H,43,44)/b10-9-. The second kappa shape index (κ2) is 15.4. The summed E-state index contributed by atoms with van der Waals surface area (Å²) in [6.45, 7) is 18.5. The van der Waals surface area contributed by atoms with Crippen molar-refractivity contribution in [2.24, 2.45) is 5.41 Å². The number of aliphatic carboxylic acids is 1. The Kier molecular flexibility index (Phi) is 11.9. The summed E-state index contributed by atoms with van der Waals surface area (Å²) in [6, 6.07) is 14.3. The highest BCUT2D eigenvalue weighted by atomic mass is 19.1. The summed E-state index contributed by atoms with van der Waals surface area (Å²) < 4.78 is 31.4. The SMILES string of the molecule is Cc1nc(/C=C\COC(C)C)c(-c2ccc(OCCc3ccc(F)cc3)cc2)c(N2CCC(C)(C)CC2)c1C(OC(C)(C)C)C(=O)O. The van der Waals surface area contributed by atoms with Crippen molar-refractivity contribution in [1.29, 1.82) is 0 Å². The molecule has 3 aromatic rings. The van der Waals surface area contributed by atoms with Gasteiger partial charge in [-0.1, -0.05) is 44.2 Å². The molecule has 2 heterocycles. The molecule has 8 heteroatoms. The number of aromatic nitrogens is 1. The van der Waals surface area contributed by atoms with Gasteiger partial charge in [0.2, 0.25) is 0 Å². The average Bonchev–Trinajstić information content (AvgIpc) is 2.99. The zero-order chi connectivity index (χ0) is 34.4. The molecule has 2 aromatic carbocycles. The van der Waals surface area contributed by atoms with E-state index in [4.69, 9.17) is 19.2 Å². The lowest BCUT2D eigenvalue weighted by molar-refractivity contribution is -0.160. The van der Waals surface area contributed by atoms with Gasteiger partial charge in [-0.25, -0.2) is 9.18 Å². The molecule has 0 amide bonds. The van der Waals surface area contributed by atoms with E-state index in [0.717, 1.165) is 54.0 Å². The molecule has 1 aliphatic heterocycles. The first kappa shape index (κ1) is 36.1. The van der Waals surface area contributed by atoms with Crippen molar-refractivity contribution in [2.45, 2.75) is 92.5 Å². The van der Waals surface area contributed by atoms with Crippen molar-refractivity contribution in [3.63, 3.8) is 0 Å². The van der Waals surface area contributed by atoms with E-state index in [2.05, 4.69) is 18.7 Å². The van der Waals surface area contributed by atoms with Crippen molar-refractivity contribution in [3.05, 3.63) is 82.9 Å². The molecule has 0 saturated carbocycles. The van der Waals surface area contributed by atoms with Crippen LogP contribution in [-0.2, 0) is 20.7 Å². The minimum absolute atomic E-state index is 0.0879. The van der Waals surface area contributed by atoms with Gasteiger partial charge in [0.1, 0.15) is 11.6 Å². The van der Waals surface area contributed by atoms with Crippen LogP contribution in [0, 0.1) is 18.2 Å². The van der Waals surface area contributed by atoms with Crippen LogP contribution in [0.2, 0.25) is 0 Å². The number of halogens is 1. The molecule has 1 fully saturated rings. The third-order valence-electron chi connectivity index (χ3n) is 8.33. The van der Waals surface area contributed by atoms with Gasteiger partial charge in [0, 0.05) is 36.3 Å². The van der Waals surface area contributed by atoms with E-state index in [1.54, 1.807) is 12.1 Å². The molecule has 7 nitrogen and oxygen atoms in total. The molecule has 0 bridgehead atoms. The summed E-state index contributed by atoms with van der Waals surface area (Å²) in [5.41, 5.74) is 5.03. The Bertz CT molecular complexity index is 1510. The number of pyridine rings is 1. The maximum atomic E-state index is 13.3. The smallest absolute Gasteiger partial charge is 0.337 e. The van der Waals surface area contributed by atoms with Crippen LogP contribution in [0.15, 0.2) is 54.6 Å². The molecule has 4 rings (SSSR count). The van der Waals surface area contributed by atoms with Crippen molar-refractivity contribution < 1.29 is 28.5 Å². The summed E-state index contributed by atoms with van der Waals surface area (Å²) >= 11 is 0. The summed E-state index contributed by atoms with van der Waals surface area (Å²) in [5, 5.41) is 10.6. The van der Waals surface area contributed by atoms with Crippen LogP contribution in [0.5, 0.6) is 5.75 Å². The molecule has 1 unspecified atom stereocenters. The number of nitrogens with zero attached hydrogens (tertiary/aromatic N) is 2. The van der Waals surface area contributed by atoms with Gasteiger partial charge in [0.15, 0.2) is 6.10 Å². The van der Waals surface area contributed by atoms with Crippen LogP contribution in [0.4, 0.5) is 10.1 Å². The molecule has 1 atom stereocenters. The molecule has 1 aliphatic rings. The molecule has 1 aromatic heterocycles. The number of rotatable bonds is 13. The number of hydrogen-bond donors (Lipinski definition) is 1. The number of hydrogen-bond acceptors (Lipinski definition) is 6. The summed E-state index contributed by atoms with van der Waals surface area (Å²) in [4.78, 5) is 20.2. The number of aryl methyl sites for hydroxylation is 1. The Morgan fingerprint density at radius 2 is 1.70 bits per heavy atom. The van der Waals surface area contributed by atoms with E-state index in [0.29, 0.717) is 36.6 Å². The van der Waals surface area contributed by atoms with Gasteiger partial charge in [-0.15, -0.1) is 0 Å². The number of anilines is 1. The first-order valence-electron chi connectivity index (χ1n) is 16.6. The first-order valence-corrected chi connectivity index (χ1v) is 16.6. The lowest BCUT2D eigenvalue weighted by atomic mass is 9.81. The van der Waals surface area contributed by atoms with Crippen molar-refractivity contribution in [1.82, 2.24) is 4.98 Å². The minimum Gasteiger partial charge on any atom is -0.493 e. The van der Waals surface area contributed by atoms with Crippen LogP contribution in [0.25, 0.3) is 17.2 Å². The van der Waals surface area contributed by atoms with Crippen LogP contribution >= 0.6 is 0 Å². The predicted octanol–water partition coefficient (Wildman–Crippen LogP) is 8.82. The second-order valence-corrected chi connectivity index (χ2v) is 14.4. The molecule has 0 spiro atoms. The van der Waals surface area contributed by atoms with Crippen molar-refractivity contribution in [3.8, 4) is 16.9 Å². The third-order valence-corrected chi connectivity index (χ3v) is 8.33. The normalized spacial score (nSPS) is 15.7. The summed E-state index contributed by atoms with van der Waals surface area (Å²) in [7, 11) is 0. The zero-order valence-electron chi connectivity index (χ0n) is 29.2. The van der Waals surface area contributed by atoms with Crippen molar-refractivity contribution >= 4 is 17.7 Å². The first-order chi connectivity index (χ1) is 22.1. The zero-order valence-corrected chi connectivity index (χ0v) is 29.2. The summed E-state index contributed by atoms with van der Waals surface area (Å²) in [6.07, 6.45) is 5.41. The predicted molar refractivity (Wildman–Crippen MR) is 187 cm³/mol. The molecule has 47 heavy (non-hydrogen) atoms. The Hall–Kier alpha value is -3.75. The monoisotopic (exact) mass is 646 g/mol. The van der Waals surface area contributed by atoms with Crippen molar-refractivity contribution in [2.75, 3.05) is 31.2 Å². The number of carboxylic acid groups (broad SMARTS) is 1. The maximum Gasteiger partial charge on any atom is 0.337 e.